The summed E-state index contributed by atoms with van der Waals surface area (Å²) >= 11 is 0. The SMILES string of the molecule is Nc1nc2ccc(/C=C3\c4ccc(F)cc4COc4cc(F)ccc43)cc2[nH]1. The highest BCUT2D eigenvalue weighted by atomic mass is 19.1. The van der Waals surface area contributed by atoms with Gasteiger partial charge < -0.3 is 15.5 Å². The van der Waals surface area contributed by atoms with Gasteiger partial charge in [0, 0.05) is 17.2 Å². The van der Waals surface area contributed by atoms with Crippen LogP contribution in [0.25, 0.3) is 22.7 Å². The molecular formula is C22H15F2N3O. The molecule has 0 radical (unpaired) electrons. The lowest BCUT2D eigenvalue weighted by Crippen LogP contribution is -1.96. The van der Waals surface area contributed by atoms with Crippen molar-refractivity contribution < 1.29 is 13.5 Å². The van der Waals surface area contributed by atoms with Crippen LogP contribution in [0.3, 0.4) is 0 Å². The number of halogens is 2. The topological polar surface area (TPSA) is 63.9 Å². The molecule has 0 saturated heterocycles. The molecular weight excluding hydrogens is 360 g/mol. The number of aromatic amines is 1. The minimum atomic E-state index is -0.385. The Bertz CT molecular complexity index is 1200. The van der Waals surface area contributed by atoms with Gasteiger partial charge in [0.05, 0.1) is 11.0 Å². The molecule has 0 spiro atoms. The van der Waals surface area contributed by atoms with Gasteiger partial charge in [0.1, 0.15) is 24.0 Å². The van der Waals surface area contributed by atoms with E-state index < -0.39 is 0 Å². The molecule has 0 unspecified atom stereocenters. The lowest BCUT2D eigenvalue weighted by molar-refractivity contribution is 0.305. The zero-order valence-corrected chi connectivity index (χ0v) is 14.7. The minimum absolute atomic E-state index is 0.164. The molecule has 0 atom stereocenters. The first-order chi connectivity index (χ1) is 13.6. The van der Waals surface area contributed by atoms with E-state index in [-0.39, 0.29) is 18.2 Å². The molecule has 1 aromatic heterocycles. The summed E-state index contributed by atoms with van der Waals surface area (Å²) in [5.74, 6) is 0.0526. The van der Waals surface area contributed by atoms with Crippen LogP contribution in [0.2, 0.25) is 0 Å². The Morgan fingerprint density at radius 2 is 1.75 bits per heavy atom. The molecule has 0 saturated carbocycles. The molecule has 1 aliphatic heterocycles. The number of hydrogen-bond acceptors (Lipinski definition) is 3. The van der Waals surface area contributed by atoms with Gasteiger partial charge in [-0.05, 0) is 59.2 Å². The van der Waals surface area contributed by atoms with E-state index in [1.54, 1.807) is 12.1 Å². The first-order valence-corrected chi connectivity index (χ1v) is 8.75. The molecule has 4 aromatic rings. The fraction of sp³-hybridized carbons (Fsp3) is 0.0455. The zero-order valence-electron chi connectivity index (χ0n) is 14.7. The van der Waals surface area contributed by atoms with Gasteiger partial charge in [-0.3, -0.25) is 0 Å². The number of hydrogen-bond donors (Lipinski definition) is 2. The molecule has 0 fully saturated rings. The highest BCUT2D eigenvalue weighted by Gasteiger charge is 2.20. The van der Waals surface area contributed by atoms with Crippen LogP contribution >= 0.6 is 0 Å². The summed E-state index contributed by atoms with van der Waals surface area (Å²) in [7, 11) is 0. The average molecular weight is 375 g/mol. The summed E-state index contributed by atoms with van der Waals surface area (Å²) in [6, 6.07) is 14.8. The first kappa shape index (κ1) is 16.5. The van der Waals surface area contributed by atoms with Crippen molar-refractivity contribution in [1.82, 2.24) is 9.97 Å². The van der Waals surface area contributed by atoms with Crippen molar-refractivity contribution in [3.63, 3.8) is 0 Å². The van der Waals surface area contributed by atoms with Gasteiger partial charge in [-0.15, -0.1) is 0 Å². The maximum Gasteiger partial charge on any atom is 0.198 e. The van der Waals surface area contributed by atoms with Crippen molar-refractivity contribution in [3.8, 4) is 5.75 Å². The second kappa shape index (κ2) is 6.20. The predicted octanol–water partition coefficient (Wildman–Crippen LogP) is 4.90. The third-order valence-corrected chi connectivity index (χ3v) is 4.81. The number of H-pyrrole nitrogens is 1. The maximum absolute atomic E-state index is 13.8. The van der Waals surface area contributed by atoms with Crippen LogP contribution in [0.1, 0.15) is 22.3 Å². The Balaban J connectivity index is 1.74. The Labute approximate surface area is 159 Å². The van der Waals surface area contributed by atoms with Crippen LogP contribution in [0, 0.1) is 11.6 Å². The molecule has 0 aliphatic carbocycles. The number of nitrogens with one attached hydrogen (secondary N) is 1. The summed E-state index contributed by atoms with van der Waals surface area (Å²) in [6.45, 7) is 0.164. The number of nitrogens with two attached hydrogens (primary N) is 1. The second-order valence-electron chi connectivity index (χ2n) is 6.69. The summed E-state index contributed by atoms with van der Waals surface area (Å²) < 4.78 is 33.3. The molecule has 1 aliphatic rings. The number of benzene rings is 3. The summed E-state index contributed by atoms with van der Waals surface area (Å²) in [5.41, 5.74) is 11.3. The monoisotopic (exact) mass is 375 g/mol. The molecule has 28 heavy (non-hydrogen) atoms. The van der Waals surface area contributed by atoms with Crippen molar-refractivity contribution in [1.29, 1.82) is 0 Å². The smallest absolute Gasteiger partial charge is 0.198 e. The molecule has 3 aromatic carbocycles. The highest BCUT2D eigenvalue weighted by Crippen LogP contribution is 2.38. The van der Waals surface area contributed by atoms with Crippen LogP contribution in [0.5, 0.6) is 5.75 Å². The van der Waals surface area contributed by atoms with Crippen LogP contribution in [0.4, 0.5) is 14.7 Å². The van der Waals surface area contributed by atoms with Crippen molar-refractivity contribution in [2.45, 2.75) is 6.61 Å². The Morgan fingerprint density at radius 1 is 0.964 bits per heavy atom. The van der Waals surface area contributed by atoms with Crippen LogP contribution in [0.15, 0.2) is 54.6 Å². The number of ether oxygens (including phenoxy) is 1. The van der Waals surface area contributed by atoms with Gasteiger partial charge in [0.25, 0.3) is 0 Å². The van der Waals surface area contributed by atoms with Gasteiger partial charge in [-0.1, -0.05) is 12.1 Å². The Morgan fingerprint density at radius 3 is 2.61 bits per heavy atom. The minimum Gasteiger partial charge on any atom is -0.488 e. The van der Waals surface area contributed by atoms with Gasteiger partial charge in [-0.2, -0.15) is 0 Å². The van der Waals surface area contributed by atoms with Gasteiger partial charge in [0.15, 0.2) is 5.95 Å². The molecule has 138 valence electrons. The predicted molar refractivity (Wildman–Crippen MR) is 105 cm³/mol. The van der Waals surface area contributed by atoms with E-state index in [1.165, 1.54) is 24.3 Å². The van der Waals surface area contributed by atoms with E-state index in [1.807, 2.05) is 24.3 Å². The van der Waals surface area contributed by atoms with E-state index in [4.69, 9.17) is 10.5 Å². The Kier molecular flexibility index (Phi) is 3.65. The van der Waals surface area contributed by atoms with Crippen LogP contribution < -0.4 is 10.5 Å². The standard InChI is InChI=1S/C22H15F2N3O/c23-14-2-4-16-13(9-14)11-28-21-10-15(24)3-5-17(21)18(16)7-12-1-6-19-20(8-12)27-22(25)26-19/h1-10H,11H2,(H3,25,26,27)/b18-7+. The normalized spacial score (nSPS) is 14.4. The zero-order chi connectivity index (χ0) is 19.3. The number of aromatic nitrogens is 2. The Hall–Kier alpha value is -3.67. The lowest BCUT2D eigenvalue weighted by Gasteiger charge is -2.11. The van der Waals surface area contributed by atoms with Gasteiger partial charge in [-0.25, -0.2) is 13.8 Å². The lowest BCUT2D eigenvalue weighted by atomic mass is 9.92. The molecule has 0 bridgehead atoms. The van der Waals surface area contributed by atoms with E-state index in [2.05, 4.69) is 9.97 Å². The summed E-state index contributed by atoms with van der Waals surface area (Å²) in [5, 5.41) is 0. The fourth-order valence-corrected chi connectivity index (χ4v) is 3.54. The number of nitrogens with zero attached hydrogens (tertiary/aromatic N) is 1. The first-order valence-electron chi connectivity index (χ1n) is 8.75. The van der Waals surface area contributed by atoms with Crippen LogP contribution in [-0.2, 0) is 6.61 Å². The molecule has 3 N–H and O–H groups in total. The number of fused-ring (bicyclic) bond motifs is 3. The summed E-state index contributed by atoms with van der Waals surface area (Å²) in [6.07, 6.45) is 1.97. The average Bonchev–Trinajstić information content (AvgIpc) is 2.97. The van der Waals surface area contributed by atoms with Crippen molar-refractivity contribution in [2.75, 3.05) is 5.73 Å². The third kappa shape index (κ3) is 2.79. The molecule has 0 amide bonds. The van der Waals surface area contributed by atoms with Crippen molar-refractivity contribution in [3.05, 3.63) is 88.5 Å². The van der Waals surface area contributed by atoms with Crippen molar-refractivity contribution >= 4 is 28.6 Å². The van der Waals surface area contributed by atoms with Crippen molar-refractivity contribution in [2.24, 2.45) is 0 Å². The van der Waals surface area contributed by atoms with Gasteiger partial charge in [0.2, 0.25) is 0 Å². The number of imidazole rings is 1. The van der Waals surface area contributed by atoms with Crippen LogP contribution in [-0.4, -0.2) is 9.97 Å². The van der Waals surface area contributed by atoms with E-state index in [9.17, 15) is 8.78 Å². The second-order valence-corrected chi connectivity index (χ2v) is 6.69. The molecule has 6 heteroatoms. The highest BCUT2D eigenvalue weighted by molar-refractivity contribution is 5.96. The largest absolute Gasteiger partial charge is 0.488 e. The maximum atomic E-state index is 13.8. The third-order valence-electron chi connectivity index (χ3n) is 4.81. The quantitative estimate of drug-likeness (QED) is 0.497. The number of rotatable bonds is 1. The van der Waals surface area contributed by atoms with Gasteiger partial charge >= 0.3 is 0 Å². The van der Waals surface area contributed by atoms with E-state index in [0.717, 1.165) is 33.3 Å². The number of nitrogen functional groups attached to an aromatic ring is 1. The molecule has 2 heterocycles. The number of anilines is 1. The van der Waals surface area contributed by atoms with E-state index >= 15 is 0 Å². The van der Waals surface area contributed by atoms with E-state index in [0.29, 0.717) is 17.3 Å². The summed E-state index contributed by atoms with van der Waals surface area (Å²) in [4.78, 5) is 7.22. The molecule has 5 rings (SSSR count). The fourth-order valence-electron chi connectivity index (χ4n) is 3.54. The molecule has 4 nitrogen and oxygen atoms in total.